The van der Waals surface area contributed by atoms with Gasteiger partial charge in [-0.25, -0.2) is 4.98 Å². The molecule has 0 aromatic carbocycles. The van der Waals surface area contributed by atoms with Crippen LogP contribution < -0.4 is 0 Å². The number of hydrogen-bond acceptors (Lipinski definition) is 5. The van der Waals surface area contributed by atoms with Gasteiger partial charge in [0.15, 0.2) is 5.03 Å². The summed E-state index contributed by atoms with van der Waals surface area (Å²) in [6.45, 7) is 1.75. The summed E-state index contributed by atoms with van der Waals surface area (Å²) < 4.78 is 0. The Morgan fingerprint density at radius 3 is 2.93 bits per heavy atom. The molecule has 0 aliphatic carbocycles. The van der Waals surface area contributed by atoms with Crippen LogP contribution in [0.3, 0.4) is 0 Å². The van der Waals surface area contributed by atoms with E-state index in [1.807, 2.05) is 0 Å². The largest absolute Gasteiger partial charge is 0.396 e. The first-order chi connectivity index (χ1) is 6.65. The van der Waals surface area contributed by atoms with Gasteiger partial charge in [0.05, 0.1) is 11.5 Å². The van der Waals surface area contributed by atoms with Gasteiger partial charge < -0.3 is 5.11 Å². The van der Waals surface area contributed by atoms with Crippen molar-refractivity contribution in [3.05, 3.63) is 27.9 Å². The minimum Gasteiger partial charge on any atom is -0.396 e. The van der Waals surface area contributed by atoms with E-state index in [9.17, 15) is 10.1 Å². The molecule has 14 heavy (non-hydrogen) atoms. The van der Waals surface area contributed by atoms with Gasteiger partial charge in [-0.15, -0.1) is 0 Å². The molecule has 0 atom stereocenters. The lowest BCUT2D eigenvalue weighted by atomic mass is 10.3. The number of aryl methyl sites for hydroxylation is 1. The van der Waals surface area contributed by atoms with Crippen LogP contribution in [0.1, 0.15) is 5.69 Å². The number of nitro groups is 1. The first-order valence-corrected chi connectivity index (χ1v) is 4.99. The van der Waals surface area contributed by atoms with E-state index in [1.54, 1.807) is 13.0 Å². The average molecular weight is 214 g/mol. The summed E-state index contributed by atoms with van der Waals surface area (Å²) in [6.07, 6.45) is 0. The zero-order valence-electron chi connectivity index (χ0n) is 7.64. The second-order valence-corrected chi connectivity index (χ2v) is 3.69. The summed E-state index contributed by atoms with van der Waals surface area (Å²) in [5, 5.41) is 19.6. The Bertz CT molecular complexity index is 343. The van der Waals surface area contributed by atoms with Gasteiger partial charge in [-0.05, 0) is 13.0 Å². The van der Waals surface area contributed by atoms with Crippen molar-refractivity contribution >= 4 is 17.4 Å². The maximum atomic E-state index is 10.6. The maximum Gasteiger partial charge on any atom is 0.301 e. The number of rotatable bonds is 4. The SMILES string of the molecule is Cc1ccc([N+](=O)[O-])c(SCCO)n1. The third kappa shape index (κ3) is 2.68. The standard InChI is InChI=1S/C8H10N2O3S/c1-6-2-3-7(10(12)13)8(9-6)14-5-4-11/h2-3,11H,4-5H2,1H3. The Kier molecular flexibility index (Phi) is 3.84. The van der Waals surface area contributed by atoms with Crippen molar-refractivity contribution in [2.24, 2.45) is 0 Å². The lowest BCUT2D eigenvalue weighted by Gasteiger charge is -2.01. The van der Waals surface area contributed by atoms with E-state index in [-0.39, 0.29) is 12.3 Å². The molecule has 76 valence electrons. The molecular formula is C8H10N2O3S. The van der Waals surface area contributed by atoms with E-state index in [0.29, 0.717) is 10.8 Å². The number of hydrogen-bond donors (Lipinski definition) is 1. The fourth-order valence-electron chi connectivity index (χ4n) is 0.913. The van der Waals surface area contributed by atoms with Gasteiger partial charge in [-0.1, -0.05) is 11.8 Å². The molecule has 1 rings (SSSR count). The van der Waals surface area contributed by atoms with Gasteiger partial charge in [0.1, 0.15) is 0 Å². The first kappa shape index (κ1) is 10.9. The van der Waals surface area contributed by atoms with Crippen LogP contribution in [0.15, 0.2) is 17.2 Å². The summed E-state index contributed by atoms with van der Waals surface area (Å²) in [5.74, 6) is 0.414. The highest BCUT2D eigenvalue weighted by Gasteiger charge is 2.14. The minimum atomic E-state index is -0.466. The Hall–Kier alpha value is -1.14. The van der Waals surface area contributed by atoms with Gasteiger partial charge >= 0.3 is 5.69 Å². The van der Waals surface area contributed by atoms with E-state index in [4.69, 9.17) is 5.11 Å². The lowest BCUT2D eigenvalue weighted by Crippen LogP contribution is -1.96. The summed E-state index contributed by atoms with van der Waals surface area (Å²) in [6, 6.07) is 3.03. The van der Waals surface area contributed by atoms with E-state index in [1.165, 1.54) is 17.8 Å². The molecule has 0 spiro atoms. The van der Waals surface area contributed by atoms with Crippen LogP contribution in [-0.4, -0.2) is 27.4 Å². The molecule has 0 bridgehead atoms. The predicted octanol–water partition coefficient (Wildman–Crippen LogP) is 1.38. The summed E-state index contributed by atoms with van der Waals surface area (Å²) in [4.78, 5) is 14.2. The second kappa shape index (κ2) is 4.92. The molecule has 1 heterocycles. The second-order valence-electron chi connectivity index (χ2n) is 2.61. The van der Waals surface area contributed by atoms with E-state index >= 15 is 0 Å². The monoisotopic (exact) mass is 214 g/mol. The summed E-state index contributed by atoms with van der Waals surface area (Å²) in [5.41, 5.74) is 0.727. The number of thioether (sulfide) groups is 1. The molecule has 1 aromatic rings. The first-order valence-electron chi connectivity index (χ1n) is 4.01. The van der Waals surface area contributed by atoms with Crippen LogP contribution in [0.2, 0.25) is 0 Å². The van der Waals surface area contributed by atoms with Crippen molar-refractivity contribution < 1.29 is 10.0 Å². The summed E-state index contributed by atoms with van der Waals surface area (Å²) in [7, 11) is 0. The maximum absolute atomic E-state index is 10.6. The van der Waals surface area contributed by atoms with Gasteiger partial charge in [-0.3, -0.25) is 10.1 Å². The molecule has 0 saturated carbocycles. The summed E-state index contributed by atoms with van der Waals surface area (Å²) >= 11 is 1.19. The molecule has 1 N–H and O–H groups in total. The smallest absolute Gasteiger partial charge is 0.301 e. The third-order valence-electron chi connectivity index (χ3n) is 1.51. The highest BCUT2D eigenvalue weighted by molar-refractivity contribution is 7.99. The van der Waals surface area contributed by atoms with Crippen molar-refractivity contribution in [2.75, 3.05) is 12.4 Å². The van der Waals surface area contributed by atoms with Crippen LogP contribution in [-0.2, 0) is 0 Å². The third-order valence-corrected chi connectivity index (χ3v) is 2.47. The Labute approximate surface area is 85.3 Å². The average Bonchev–Trinajstić information content (AvgIpc) is 2.14. The van der Waals surface area contributed by atoms with Crippen LogP contribution >= 0.6 is 11.8 Å². The fraction of sp³-hybridized carbons (Fsp3) is 0.375. The zero-order chi connectivity index (χ0) is 10.6. The van der Waals surface area contributed by atoms with Gasteiger partial charge in [0.2, 0.25) is 0 Å². The quantitative estimate of drug-likeness (QED) is 0.465. The van der Waals surface area contributed by atoms with Crippen LogP contribution in [0.25, 0.3) is 0 Å². The lowest BCUT2D eigenvalue weighted by molar-refractivity contribution is -0.388. The van der Waals surface area contributed by atoms with Gasteiger partial charge in [0.25, 0.3) is 0 Å². The normalized spacial score (nSPS) is 10.1. The molecule has 0 aliphatic rings. The number of aliphatic hydroxyl groups excluding tert-OH is 1. The van der Waals surface area contributed by atoms with Gasteiger partial charge in [0, 0.05) is 17.5 Å². The number of aromatic nitrogens is 1. The number of pyridine rings is 1. The van der Waals surface area contributed by atoms with E-state index in [0.717, 1.165) is 5.69 Å². The molecule has 1 aromatic heterocycles. The van der Waals surface area contributed by atoms with Crippen molar-refractivity contribution in [1.29, 1.82) is 0 Å². The van der Waals surface area contributed by atoms with Crippen molar-refractivity contribution in [2.45, 2.75) is 11.9 Å². The Morgan fingerprint density at radius 2 is 2.36 bits per heavy atom. The van der Waals surface area contributed by atoms with Gasteiger partial charge in [-0.2, -0.15) is 0 Å². The molecule has 0 fully saturated rings. The highest BCUT2D eigenvalue weighted by atomic mass is 32.2. The Morgan fingerprint density at radius 1 is 1.64 bits per heavy atom. The van der Waals surface area contributed by atoms with Crippen LogP contribution in [0.5, 0.6) is 0 Å². The number of aliphatic hydroxyl groups is 1. The van der Waals surface area contributed by atoms with E-state index < -0.39 is 4.92 Å². The van der Waals surface area contributed by atoms with Crippen molar-refractivity contribution in [3.63, 3.8) is 0 Å². The zero-order valence-corrected chi connectivity index (χ0v) is 8.45. The highest BCUT2D eigenvalue weighted by Crippen LogP contribution is 2.26. The molecular weight excluding hydrogens is 204 g/mol. The molecule has 0 unspecified atom stereocenters. The topological polar surface area (TPSA) is 76.3 Å². The molecule has 6 heteroatoms. The molecule has 0 saturated heterocycles. The van der Waals surface area contributed by atoms with Crippen molar-refractivity contribution in [1.82, 2.24) is 4.98 Å². The fourth-order valence-corrected chi connectivity index (χ4v) is 1.70. The molecule has 0 radical (unpaired) electrons. The molecule has 5 nitrogen and oxygen atoms in total. The van der Waals surface area contributed by atoms with Crippen molar-refractivity contribution in [3.8, 4) is 0 Å². The number of nitrogens with zero attached hydrogens (tertiary/aromatic N) is 2. The molecule has 0 amide bonds. The Balaban J connectivity index is 2.97. The van der Waals surface area contributed by atoms with E-state index in [2.05, 4.69) is 4.98 Å². The molecule has 0 aliphatic heterocycles. The minimum absolute atomic E-state index is 0.00551. The predicted molar refractivity (Wildman–Crippen MR) is 53.4 cm³/mol. The van der Waals surface area contributed by atoms with Crippen LogP contribution in [0.4, 0.5) is 5.69 Å². The van der Waals surface area contributed by atoms with Crippen LogP contribution in [0, 0.1) is 17.0 Å².